The van der Waals surface area contributed by atoms with Gasteiger partial charge in [0.15, 0.2) is 17.5 Å². The molecule has 0 heterocycles. The molecule has 8 heteroatoms. The molecule has 154 valence electrons. The molecule has 2 rings (SSSR count). The molecular formula is C20H28FIN4O2. The fraction of sp³-hybridized carbons (Fsp3) is 0.350. The normalized spacial score (nSPS) is 11.1. The quantitative estimate of drug-likeness (QED) is 0.314. The van der Waals surface area contributed by atoms with Crippen molar-refractivity contribution in [3.05, 3.63) is 59.4 Å². The third-order valence-electron chi connectivity index (χ3n) is 4.05. The van der Waals surface area contributed by atoms with Crippen LogP contribution in [0.5, 0.6) is 11.5 Å². The molecule has 0 atom stereocenters. The summed E-state index contributed by atoms with van der Waals surface area (Å²) in [5.74, 6) is 1.51. The van der Waals surface area contributed by atoms with Gasteiger partial charge in [-0.15, -0.1) is 24.0 Å². The predicted octanol–water partition coefficient (Wildman–Crippen LogP) is 3.00. The number of hydrogen-bond donors (Lipinski definition) is 2. The monoisotopic (exact) mass is 502 g/mol. The average molecular weight is 502 g/mol. The summed E-state index contributed by atoms with van der Waals surface area (Å²) in [7, 11) is 5.20. The maximum absolute atomic E-state index is 12.9. The zero-order valence-electron chi connectivity index (χ0n) is 16.4. The van der Waals surface area contributed by atoms with Crippen molar-refractivity contribution in [2.24, 2.45) is 10.7 Å². The maximum atomic E-state index is 12.9. The Labute approximate surface area is 182 Å². The van der Waals surface area contributed by atoms with Crippen molar-refractivity contribution in [3.63, 3.8) is 0 Å². The lowest BCUT2D eigenvalue weighted by Crippen LogP contribution is -2.37. The number of halogens is 2. The first-order chi connectivity index (χ1) is 13.0. The topological polar surface area (TPSA) is 72.1 Å². The minimum Gasteiger partial charge on any atom is -0.493 e. The van der Waals surface area contributed by atoms with Gasteiger partial charge in [-0.25, -0.2) is 9.38 Å². The fourth-order valence-corrected chi connectivity index (χ4v) is 2.57. The summed E-state index contributed by atoms with van der Waals surface area (Å²) in [5, 5.41) is 3.10. The zero-order chi connectivity index (χ0) is 19.6. The van der Waals surface area contributed by atoms with Gasteiger partial charge in [-0.3, -0.25) is 0 Å². The fourth-order valence-electron chi connectivity index (χ4n) is 2.57. The van der Waals surface area contributed by atoms with Crippen LogP contribution in [0.2, 0.25) is 0 Å². The molecular weight excluding hydrogens is 474 g/mol. The van der Waals surface area contributed by atoms with E-state index in [2.05, 4.69) is 15.2 Å². The van der Waals surface area contributed by atoms with Crippen LogP contribution in [0, 0.1) is 5.82 Å². The van der Waals surface area contributed by atoms with Crippen molar-refractivity contribution in [2.45, 2.75) is 13.1 Å². The Kier molecular flexibility index (Phi) is 10.6. The van der Waals surface area contributed by atoms with E-state index in [0.29, 0.717) is 30.5 Å². The third-order valence-corrected chi connectivity index (χ3v) is 4.05. The van der Waals surface area contributed by atoms with Gasteiger partial charge >= 0.3 is 0 Å². The van der Waals surface area contributed by atoms with Gasteiger partial charge in [-0.2, -0.15) is 0 Å². The summed E-state index contributed by atoms with van der Waals surface area (Å²) in [5.41, 5.74) is 7.97. The van der Waals surface area contributed by atoms with Crippen molar-refractivity contribution in [3.8, 4) is 11.5 Å². The van der Waals surface area contributed by atoms with Gasteiger partial charge in [0.05, 0.1) is 20.8 Å². The Morgan fingerprint density at radius 2 is 1.71 bits per heavy atom. The van der Waals surface area contributed by atoms with Gasteiger partial charge in [0.1, 0.15) is 5.82 Å². The second kappa shape index (κ2) is 12.4. The second-order valence-electron chi connectivity index (χ2n) is 6.18. The molecule has 0 aromatic heterocycles. The molecule has 0 fully saturated rings. The van der Waals surface area contributed by atoms with E-state index in [-0.39, 0.29) is 29.8 Å². The van der Waals surface area contributed by atoms with Gasteiger partial charge in [-0.1, -0.05) is 18.2 Å². The zero-order valence-corrected chi connectivity index (χ0v) is 18.8. The van der Waals surface area contributed by atoms with Crippen LogP contribution in [0.3, 0.4) is 0 Å². The van der Waals surface area contributed by atoms with Crippen LogP contribution in [0.1, 0.15) is 11.1 Å². The van der Waals surface area contributed by atoms with E-state index in [1.807, 2.05) is 25.2 Å². The highest BCUT2D eigenvalue weighted by Gasteiger charge is 2.05. The Balaban J connectivity index is 0.00000392. The lowest BCUT2D eigenvalue weighted by Gasteiger charge is -2.17. The Hall–Kier alpha value is -2.07. The summed E-state index contributed by atoms with van der Waals surface area (Å²) in [6.07, 6.45) is 0. The van der Waals surface area contributed by atoms with Crippen molar-refractivity contribution >= 4 is 29.9 Å². The third kappa shape index (κ3) is 7.89. The highest BCUT2D eigenvalue weighted by molar-refractivity contribution is 14.0. The van der Waals surface area contributed by atoms with Crippen molar-refractivity contribution < 1.29 is 13.9 Å². The molecule has 0 unspecified atom stereocenters. The largest absolute Gasteiger partial charge is 0.493 e. The number of likely N-dealkylation sites (N-methyl/N-ethyl adjacent to an activating group) is 1. The van der Waals surface area contributed by atoms with Crippen molar-refractivity contribution in [1.82, 2.24) is 10.2 Å². The summed E-state index contributed by atoms with van der Waals surface area (Å²) in [6, 6.07) is 12.2. The Bertz CT molecular complexity index is 756. The number of benzene rings is 2. The minimum absolute atomic E-state index is 0. The first-order valence-electron chi connectivity index (χ1n) is 8.69. The number of methoxy groups -OCH3 is 2. The van der Waals surface area contributed by atoms with Crippen LogP contribution in [-0.4, -0.2) is 45.2 Å². The molecule has 3 N–H and O–H groups in total. The van der Waals surface area contributed by atoms with Crippen molar-refractivity contribution in [2.75, 3.05) is 34.4 Å². The van der Waals surface area contributed by atoms with E-state index in [1.54, 1.807) is 26.4 Å². The summed E-state index contributed by atoms with van der Waals surface area (Å²) < 4.78 is 23.4. The van der Waals surface area contributed by atoms with Gasteiger partial charge in [0.2, 0.25) is 0 Å². The van der Waals surface area contributed by atoms with Gasteiger partial charge in [0, 0.05) is 19.6 Å². The molecule has 0 bridgehead atoms. The molecule has 0 aliphatic carbocycles. The van der Waals surface area contributed by atoms with Gasteiger partial charge in [-0.05, 0) is 42.4 Å². The standard InChI is InChI=1S/C20H27FN4O2.HI/c1-25(14-15-4-7-17(21)8-5-15)11-10-23-20(22)24-13-16-6-9-18(26-2)19(12-16)27-3;/h4-9,12H,10-11,13-14H2,1-3H3,(H3,22,23,24);1H. The molecule has 2 aromatic carbocycles. The van der Waals surface area contributed by atoms with Crippen LogP contribution in [0.15, 0.2) is 47.5 Å². The molecule has 2 aromatic rings. The average Bonchev–Trinajstić information content (AvgIpc) is 2.67. The van der Waals surface area contributed by atoms with Crippen LogP contribution in [0.4, 0.5) is 4.39 Å². The molecule has 0 spiro atoms. The van der Waals surface area contributed by atoms with Crippen LogP contribution in [-0.2, 0) is 13.1 Å². The molecule has 0 saturated carbocycles. The number of nitrogens with one attached hydrogen (secondary N) is 1. The maximum Gasteiger partial charge on any atom is 0.188 e. The summed E-state index contributed by atoms with van der Waals surface area (Å²) >= 11 is 0. The molecule has 0 aliphatic rings. The smallest absolute Gasteiger partial charge is 0.188 e. The Morgan fingerprint density at radius 3 is 2.36 bits per heavy atom. The van der Waals surface area contributed by atoms with E-state index >= 15 is 0 Å². The molecule has 0 radical (unpaired) electrons. The molecule has 0 aliphatic heterocycles. The lowest BCUT2D eigenvalue weighted by atomic mass is 10.2. The van der Waals surface area contributed by atoms with E-state index in [9.17, 15) is 4.39 Å². The first kappa shape index (κ1) is 24.0. The summed E-state index contributed by atoms with van der Waals surface area (Å²) in [4.78, 5) is 6.47. The first-order valence-corrected chi connectivity index (χ1v) is 8.69. The molecule has 0 amide bonds. The van der Waals surface area contributed by atoms with E-state index in [1.165, 1.54) is 12.1 Å². The number of nitrogens with two attached hydrogens (primary N) is 1. The number of aliphatic imine (C=N–C) groups is 1. The van der Waals surface area contributed by atoms with Crippen LogP contribution >= 0.6 is 24.0 Å². The summed E-state index contributed by atoms with van der Waals surface area (Å²) in [6.45, 7) is 2.64. The molecule has 0 saturated heterocycles. The number of hydrogen-bond acceptors (Lipinski definition) is 4. The van der Waals surface area contributed by atoms with E-state index < -0.39 is 0 Å². The minimum atomic E-state index is -0.221. The number of guanidine groups is 1. The number of nitrogens with zero attached hydrogens (tertiary/aromatic N) is 2. The highest BCUT2D eigenvalue weighted by atomic mass is 127. The van der Waals surface area contributed by atoms with Crippen molar-refractivity contribution in [1.29, 1.82) is 0 Å². The number of rotatable bonds is 9. The second-order valence-corrected chi connectivity index (χ2v) is 6.18. The Morgan fingerprint density at radius 1 is 1.07 bits per heavy atom. The van der Waals surface area contributed by atoms with Crippen LogP contribution in [0.25, 0.3) is 0 Å². The molecule has 6 nitrogen and oxygen atoms in total. The SMILES string of the molecule is COc1ccc(CN=C(N)NCCN(C)Cc2ccc(F)cc2)cc1OC.I. The highest BCUT2D eigenvalue weighted by Crippen LogP contribution is 2.27. The lowest BCUT2D eigenvalue weighted by molar-refractivity contribution is 0.331. The van der Waals surface area contributed by atoms with Crippen LogP contribution < -0.4 is 20.5 Å². The van der Waals surface area contributed by atoms with E-state index in [4.69, 9.17) is 15.2 Å². The predicted molar refractivity (Wildman–Crippen MR) is 121 cm³/mol. The number of ether oxygens (including phenoxy) is 2. The molecule has 28 heavy (non-hydrogen) atoms. The van der Waals surface area contributed by atoms with Gasteiger partial charge in [0.25, 0.3) is 0 Å². The van der Waals surface area contributed by atoms with E-state index in [0.717, 1.165) is 24.2 Å². The van der Waals surface area contributed by atoms with Gasteiger partial charge < -0.3 is 25.4 Å².